The molecule has 0 saturated heterocycles. The smallest absolute Gasteiger partial charge is 0.245 e. The lowest BCUT2D eigenvalue weighted by Crippen LogP contribution is -2.36. The Morgan fingerprint density at radius 2 is 1.94 bits per heavy atom. The number of nitrogens with zero attached hydrogens (tertiary/aromatic N) is 2. The Bertz CT molecular complexity index is 438. The molecule has 0 saturated carbocycles. The largest absolute Gasteiger partial charge is 0.346 e. The van der Waals surface area contributed by atoms with Crippen molar-refractivity contribution in [1.29, 1.82) is 0 Å². The molecular formula is C10H17N5O2S. The molecule has 1 rings (SSSR count). The Hall–Kier alpha value is -1.54. The van der Waals surface area contributed by atoms with Gasteiger partial charge in [-0.1, -0.05) is 32.1 Å². The summed E-state index contributed by atoms with van der Waals surface area (Å²) in [6.45, 7) is 5.78. The van der Waals surface area contributed by atoms with E-state index in [2.05, 4.69) is 20.8 Å². The molecule has 0 unspecified atom stereocenters. The quantitative estimate of drug-likeness (QED) is 0.705. The number of rotatable bonds is 4. The van der Waals surface area contributed by atoms with Gasteiger partial charge in [0.05, 0.1) is 13.1 Å². The summed E-state index contributed by atoms with van der Waals surface area (Å²) in [4.78, 5) is 22.3. The molecule has 1 aromatic rings. The number of carbonyl (C=O) groups excluding carboxylic acids is 2. The molecule has 0 bridgehead atoms. The van der Waals surface area contributed by atoms with Crippen molar-refractivity contribution >= 4 is 28.3 Å². The summed E-state index contributed by atoms with van der Waals surface area (Å²) in [5.74, 6) is -0.730. The van der Waals surface area contributed by atoms with Crippen LogP contribution in [0.2, 0.25) is 0 Å². The van der Waals surface area contributed by atoms with Gasteiger partial charge in [-0.2, -0.15) is 0 Å². The Morgan fingerprint density at radius 3 is 2.44 bits per heavy atom. The number of amides is 2. The van der Waals surface area contributed by atoms with Gasteiger partial charge in [0.1, 0.15) is 5.01 Å². The highest BCUT2D eigenvalue weighted by atomic mass is 32.1. The third-order valence-corrected chi connectivity index (χ3v) is 3.21. The third-order valence-electron chi connectivity index (χ3n) is 1.94. The summed E-state index contributed by atoms with van der Waals surface area (Å²) in [5, 5.41) is 14.1. The van der Waals surface area contributed by atoms with Crippen LogP contribution in [-0.4, -0.2) is 35.1 Å². The first-order valence-electron chi connectivity index (χ1n) is 5.43. The zero-order chi connectivity index (χ0) is 13.8. The van der Waals surface area contributed by atoms with E-state index in [1.54, 1.807) is 0 Å². The van der Waals surface area contributed by atoms with Gasteiger partial charge in [0.15, 0.2) is 0 Å². The molecule has 8 heteroatoms. The van der Waals surface area contributed by atoms with Gasteiger partial charge in [-0.3, -0.25) is 14.9 Å². The topological polar surface area (TPSA) is 110 Å². The summed E-state index contributed by atoms with van der Waals surface area (Å²) in [5.41, 5.74) is 5.00. The van der Waals surface area contributed by atoms with E-state index in [-0.39, 0.29) is 30.3 Å². The van der Waals surface area contributed by atoms with Gasteiger partial charge < -0.3 is 11.1 Å². The van der Waals surface area contributed by atoms with E-state index in [0.29, 0.717) is 5.13 Å². The maximum absolute atomic E-state index is 11.5. The van der Waals surface area contributed by atoms with Crippen LogP contribution in [0.1, 0.15) is 25.8 Å². The molecule has 1 aromatic heterocycles. The molecule has 0 spiro atoms. The van der Waals surface area contributed by atoms with E-state index >= 15 is 0 Å². The first-order valence-corrected chi connectivity index (χ1v) is 6.25. The van der Waals surface area contributed by atoms with Crippen LogP contribution in [0.3, 0.4) is 0 Å². The van der Waals surface area contributed by atoms with Crippen molar-refractivity contribution in [3.05, 3.63) is 5.01 Å². The fourth-order valence-corrected chi connectivity index (χ4v) is 1.81. The lowest BCUT2D eigenvalue weighted by molar-refractivity contribution is -0.123. The molecule has 0 aromatic carbocycles. The number of carbonyl (C=O) groups is 2. The zero-order valence-electron chi connectivity index (χ0n) is 10.6. The molecule has 0 fully saturated rings. The molecule has 100 valence electrons. The normalized spacial score (nSPS) is 11.1. The predicted octanol–water partition coefficient (Wildman–Crippen LogP) is -0.151. The molecule has 0 aliphatic carbocycles. The van der Waals surface area contributed by atoms with E-state index in [0.717, 1.165) is 5.01 Å². The average molecular weight is 271 g/mol. The second-order valence-corrected chi connectivity index (χ2v) is 5.67. The van der Waals surface area contributed by atoms with E-state index in [1.807, 2.05) is 20.8 Å². The van der Waals surface area contributed by atoms with Gasteiger partial charge in [-0.15, -0.1) is 10.2 Å². The van der Waals surface area contributed by atoms with E-state index in [1.165, 1.54) is 11.3 Å². The Morgan fingerprint density at radius 1 is 1.28 bits per heavy atom. The molecule has 1 heterocycles. The van der Waals surface area contributed by atoms with Crippen LogP contribution < -0.4 is 16.4 Å². The molecule has 0 atom stereocenters. The molecule has 0 radical (unpaired) electrons. The monoisotopic (exact) mass is 271 g/mol. The number of hydrogen-bond acceptors (Lipinski definition) is 6. The van der Waals surface area contributed by atoms with Crippen LogP contribution in [0.4, 0.5) is 5.13 Å². The molecule has 2 amide bonds. The first kappa shape index (κ1) is 14.5. The number of aromatic nitrogens is 2. The summed E-state index contributed by atoms with van der Waals surface area (Å²) in [6.07, 6.45) is 0. The standard InChI is InChI=1S/C10H17N5O2S/c1-10(2,3)8-14-15-9(18-8)13-7(17)5-12-6(16)4-11/h4-5,11H2,1-3H3,(H,12,16)(H,13,15,17). The number of nitrogens with two attached hydrogens (primary N) is 1. The number of nitrogens with one attached hydrogen (secondary N) is 2. The van der Waals surface area contributed by atoms with E-state index in [4.69, 9.17) is 5.73 Å². The lowest BCUT2D eigenvalue weighted by atomic mass is 9.98. The molecule has 7 nitrogen and oxygen atoms in total. The van der Waals surface area contributed by atoms with Crippen molar-refractivity contribution < 1.29 is 9.59 Å². The summed E-state index contributed by atoms with van der Waals surface area (Å²) >= 11 is 1.32. The van der Waals surface area contributed by atoms with Crippen molar-refractivity contribution in [2.75, 3.05) is 18.4 Å². The van der Waals surface area contributed by atoms with Crippen molar-refractivity contribution in [1.82, 2.24) is 15.5 Å². The highest BCUT2D eigenvalue weighted by Gasteiger charge is 2.19. The third kappa shape index (κ3) is 4.38. The van der Waals surface area contributed by atoms with Crippen molar-refractivity contribution in [2.24, 2.45) is 5.73 Å². The minimum Gasteiger partial charge on any atom is -0.346 e. The van der Waals surface area contributed by atoms with Crippen LogP contribution in [0.5, 0.6) is 0 Å². The highest BCUT2D eigenvalue weighted by Crippen LogP contribution is 2.27. The fraction of sp³-hybridized carbons (Fsp3) is 0.600. The van der Waals surface area contributed by atoms with Gasteiger partial charge >= 0.3 is 0 Å². The summed E-state index contributed by atoms with van der Waals surface area (Å²) in [6, 6.07) is 0. The maximum Gasteiger partial charge on any atom is 0.245 e. The Kier molecular flexibility index (Phi) is 4.74. The van der Waals surface area contributed by atoms with Gasteiger partial charge in [0.2, 0.25) is 16.9 Å². The average Bonchev–Trinajstić information content (AvgIpc) is 2.74. The number of anilines is 1. The molecule has 0 aliphatic rings. The van der Waals surface area contributed by atoms with Crippen LogP contribution in [0.15, 0.2) is 0 Å². The van der Waals surface area contributed by atoms with Crippen LogP contribution in [-0.2, 0) is 15.0 Å². The molecule has 4 N–H and O–H groups in total. The van der Waals surface area contributed by atoms with Gasteiger partial charge in [0, 0.05) is 5.41 Å². The zero-order valence-corrected chi connectivity index (χ0v) is 11.4. The SMILES string of the molecule is CC(C)(C)c1nnc(NC(=O)CNC(=O)CN)s1. The van der Waals surface area contributed by atoms with Crippen molar-refractivity contribution in [3.8, 4) is 0 Å². The van der Waals surface area contributed by atoms with Gasteiger partial charge in [-0.25, -0.2) is 0 Å². The van der Waals surface area contributed by atoms with Gasteiger partial charge in [-0.05, 0) is 0 Å². The predicted molar refractivity (Wildman–Crippen MR) is 69.3 cm³/mol. The molecule has 18 heavy (non-hydrogen) atoms. The van der Waals surface area contributed by atoms with Crippen LogP contribution in [0, 0.1) is 0 Å². The first-order chi connectivity index (χ1) is 8.32. The second-order valence-electron chi connectivity index (χ2n) is 4.69. The van der Waals surface area contributed by atoms with E-state index < -0.39 is 0 Å². The van der Waals surface area contributed by atoms with Crippen molar-refractivity contribution in [3.63, 3.8) is 0 Å². The summed E-state index contributed by atoms with van der Waals surface area (Å²) in [7, 11) is 0. The second kappa shape index (κ2) is 5.87. The van der Waals surface area contributed by atoms with E-state index in [9.17, 15) is 9.59 Å². The Balaban J connectivity index is 2.50. The lowest BCUT2D eigenvalue weighted by Gasteiger charge is -2.12. The fourth-order valence-electron chi connectivity index (χ4n) is 0.991. The molecular weight excluding hydrogens is 254 g/mol. The summed E-state index contributed by atoms with van der Waals surface area (Å²) < 4.78 is 0. The molecule has 0 aliphatic heterocycles. The maximum atomic E-state index is 11.5. The van der Waals surface area contributed by atoms with Crippen molar-refractivity contribution in [2.45, 2.75) is 26.2 Å². The highest BCUT2D eigenvalue weighted by molar-refractivity contribution is 7.15. The van der Waals surface area contributed by atoms with Gasteiger partial charge in [0.25, 0.3) is 0 Å². The Labute approximate surface area is 109 Å². The minimum atomic E-state index is -0.377. The van der Waals surface area contributed by atoms with Crippen LogP contribution in [0.25, 0.3) is 0 Å². The minimum absolute atomic E-state index is 0.103. The number of hydrogen-bond donors (Lipinski definition) is 3. The van der Waals surface area contributed by atoms with Crippen LogP contribution >= 0.6 is 11.3 Å².